The summed E-state index contributed by atoms with van der Waals surface area (Å²) in [5.41, 5.74) is 2.22. The molecule has 0 unspecified atom stereocenters. The summed E-state index contributed by atoms with van der Waals surface area (Å²) in [5, 5.41) is 6.77. The average molecular weight is 298 g/mol. The van der Waals surface area contributed by atoms with Gasteiger partial charge in [-0.1, -0.05) is 0 Å². The number of hydrogen-bond acceptors (Lipinski definition) is 4. The second-order valence-corrected chi connectivity index (χ2v) is 8.04. The molecule has 0 radical (unpaired) electrons. The van der Waals surface area contributed by atoms with Gasteiger partial charge in [0, 0.05) is 26.2 Å². The molecule has 0 bridgehead atoms. The summed E-state index contributed by atoms with van der Waals surface area (Å²) in [4.78, 5) is 2.21. The lowest BCUT2D eigenvalue weighted by Crippen LogP contribution is -2.38. The summed E-state index contributed by atoms with van der Waals surface area (Å²) in [6.07, 6.45) is 4.56. The molecular weight excluding hydrogens is 276 g/mol. The van der Waals surface area contributed by atoms with Crippen molar-refractivity contribution >= 4 is 10.0 Å². The fourth-order valence-corrected chi connectivity index (χ4v) is 5.09. The highest BCUT2D eigenvalue weighted by molar-refractivity contribution is 7.89. The summed E-state index contributed by atoms with van der Waals surface area (Å²) < 4.78 is 26.7. The Balaban J connectivity index is 1.63. The van der Waals surface area contributed by atoms with Gasteiger partial charge in [0.2, 0.25) is 10.0 Å². The third kappa shape index (κ3) is 2.62. The molecule has 20 heavy (non-hydrogen) atoms. The quantitative estimate of drug-likeness (QED) is 0.889. The molecule has 1 N–H and O–H groups in total. The summed E-state index contributed by atoms with van der Waals surface area (Å²) in [5.74, 6) is 0. The van der Waals surface area contributed by atoms with Crippen LogP contribution in [0.15, 0.2) is 6.20 Å². The Bertz CT molecular complexity index is 563. The highest BCUT2D eigenvalue weighted by atomic mass is 32.2. The van der Waals surface area contributed by atoms with Gasteiger partial charge in [0.15, 0.2) is 0 Å². The largest absolute Gasteiger partial charge is 0.296 e. The van der Waals surface area contributed by atoms with Gasteiger partial charge in [-0.3, -0.25) is 10.00 Å². The highest BCUT2D eigenvalue weighted by Crippen LogP contribution is 2.24. The molecule has 2 saturated heterocycles. The van der Waals surface area contributed by atoms with Crippen LogP contribution in [0.5, 0.6) is 0 Å². The Morgan fingerprint density at radius 1 is 1.35 bits per heavy atom. The number of nitrogens with one attached hydrogen (secondary N) is 1. The van der Waals surface area contributed by atoms with E-state index in [2.05, 4.69) is 15.1 Å². The fraction of sp³-hybridized carbons (Fsp3) is 0.769. The molecule has 0 aliphatic carbocycles. The Morgan fingerprint density at radius 2 is 2.10 bits per heavy atom. The van der Waals surface area contributed by atoms with Gasteiger partial charge in [-0.05, 0) is 38.3 Å². The van der Waals surface area contributed by atoms with E-state index < -0.39 is 10.0 Å². The van der Waals surface area contributed by atoms with Gasteiger partial charge >= 0.3 is 0 Å². The number of sulfonamides is 1. The van der Waals surface area contributed by atoms with Crippen molar-refractivity contribution in [3.8, 4) is 0 Å². The van der Waals surface area contributed by atoms with Crippen molar-refractivity contribution in [3.05, 3.63) is 17.5 Å². The standard InChI is InChI=1S/C13H22N4O2S/c1-11-8-14-15-13(11)10-16-7-4-12(9-16)20(18,19)17-5-2-3-6-17/h8,12H,2-7,9-10H2,1H3,(H,14,15)/t12-/m0/s1. The Labute approximate surface area is 120 Å². The highest BCUT2D eigenvalue weighted by Gasteiger charge is 2.38. The molecule has 1 atom stereocenters. The molecule has 3 heterocycles. The smallest absolute Gasteiger partial charge is 0.218 e. The molecule has 1 aromatic heterocycles. The maximum atomic E-state index is 12.5. The van der Waals surface area contributed by atoms with Crippen molar-refractivity contribution in [2.75, 3.05) is 26.2 Å². The minimum absolute atomic E-state index is 0.233. The second-order valence-electron chi connectivity index (χ2n) is 5.83. The molecule has 3 rings (SSSR count). The van der Waals surface area contributed by atoms with E-state index in [1.807, 2.05) is 13.1 Å². The van der Waals surface area contributed by atoms with Gasteiger partial charge in [0.25, 0.3) is 0 Å². The predicted octanol–water partition coefficient (Wildman–Crippen LogP) is 0.718. The van der Waals surface area contributed by atoms with Crippen LogP contribution in [0.3, 0.4) is 0 Å². The molecule has 6 nitrogen and oxygen atoms in total. The maximum Gasteiger partial charge on any atom is 0.218 e. The van der Waals surface area contributed by atoms with Crippen LogP contribution in [0.1, 0.15) is 30.5 Å². The second kappa shape index (κ2) is 5.46. The summed E-state index contributed by atoms with van der Waals surface area (Å²) >= 11 is 0. The van der Waals surface area contributed by atoms with E-state index in [9.17, 15) is 8.42 Å². The van der Waals surface area contributed by atoms with Crippen LogP contribution in [0, 0.1) is 6.92 Å². The summed E-state index contributed by atoms with van der Waals surface area (Å²) in [6.45, 7) is 5.68. The van der Waals surface area contributed by atoms with Gasteiger partial charge in [0.05, 0.1) is 17.1 Å². The lowest BCUT2D eigenvalue weighted by atomic mass is 10.3. The van der Waals surface area contributed by atoms with E-state index in [1.54, 1.807) is 4.31 Å². The van der Waals surface area contributed by atoms with E-state index >= 15 is 0 Å². The zero-order chi connectivity index (χ0) is 14.2. The average Bonchev–Trinajstić information content (AvgIpc) is 3.13. The molecule has 7 heteroatoms. The van der Waals surface area contributed by atoms with E-state index in [-0.39, 0.29) is 5.25 Å². The summed E-state index contributed by atoms with van der Waals surface area (Å²) in [6, 6.07) is 0. The molecule has 112 valence electrons. The monoisotopic (exact) mass is 298 g/mol. The first-order valence-corrected chi connectivity index (χ1v) is 8.78. The maximum absolute atomic E-state index is 12.5. The molecule has 1 aromatic rings. The van der Waals surface area contributed by atoms with Crippen LogP contribution in [0.25, 0.3) is 0 Å². The molecule has 0 amide bonds. The number of rotatable bonds is 4. The first kappa shape index (κ1) is 14.0. The normalized spacial score (nSPS) is 25.6. The lowest BCUT2D eigenvalue weighted by molar-refractivity contribution is 0.325. The number of aryl methyl sites for hydroxylation is 1. The fourth-order valence-electron chi connectivity index (χ4n) is 3.09. The van der Waals surface area contributed by atoms with Gasteiger partial charge in [-0.15, -0.1) is 0 Å². The van der Waals surface area contributed by atoms with Crippen LogP contribution in [-0.4, -0.2) is 59.2 Å². The van der Waals surface area contributed by atoms with Crippen LogP contribution in [-0.2, 0) is 16.6 Å². The van der Waals surface area contributed by atoms with Crippen molar-refractivity contribution in [3.63, 3.8) is 0 Å². The zero-order valence-corrected chi connectivity index (χ0v) is 12.7. The Morgan fingerprint density at radius 3 is 2.75 bits per heavy atom. The number of aromatic amines is 1. The van der Waals surface area contributed by atoms with Crippen molar-refractivity contribution in [1.82, 2.24) is 19.4 Å². The minimum Gasteiger partial charge on any atom is -0.296 e. The van der Waals surface area contributed by atoms with Crippen molar-refractivity contribution in [2.45, 2.75) is 38.0 Å². The van der Waals surface area contributed by atoms with Gasteiger partial charge in [-0.2, -0.15) is 5.10 Å². The van der Waals surface area contributed by atoms with Crippen LogP contribution in [0.2, 0.25) is 0 Å². The zero-order valence-electron chi connectivity index (χ0n) is 11.9. The lowest BCUT2D eigenvalue weighted by Gasteiger charge is -2.21. The summed E-state index contributed by atoms with van der Waals surface area (Å²) in [7, 11) is -3.09. The van der Waals surface area contributed by atoms with Crippen molar-refractivity contribution in [2.24, 2.45) is 0 Å². The molecule has 2 aliphatic heterocycles. The molecule has 0 saturated carbocycles. The van der Waals surface area contributed by atoms with Crippen molar-refractivity contribution < 1.29 is 8.42 Å². The topological polar surface area (TPSA) is 69.3 Å². The van der Waals surface area contributed by atoms with Crippen LogP contribution < -0.4 is 0 Å². The molecular formula is C13H22N4O2S. The molecule has 0 aromatic carbocycles. The third-order valence-corrected chi connectivity index (χ3v) is 6.70. The van der Waals surface area contributed by atoms with E-state index in [0.29, 0.717) is 19.6 Å². The molecule has 2 fully saturated rings. The number of hydrogen-bond donors (Lipinski definition) is 1. The first-order valence-electron chi connectivity index (χ1n) is 7.27. The molecule has 0 spiro atoms. The van der Waals surface area contributed by atoms with Gasteiger partial charge < -0.3 is 0 Å². The SMILES string of the molecule is Cc1cn[nH]c1CN1CC[C@H](S(=O)(=O)N2CCCC2)C1. The Hall–Kier alpha value is -0.920. The Kier molecular flexibility index (Phi) is 3.83. The van der Waals surface area contributed by atoms with E-state index in [0.717, 1.165) is 43.6 Å². The minimum atomic E-state index is -3.09. The van der Waals surface area contributed by atoms with E-state index in [4.69, 9.17) is 0 Å². The predicted molar refractivity (Wildman–Crippen MR) is 76.7 cm³/mol. The van der Waals surface area contributed by atoms with Gasteiger partial charge in [-0.25, -0.2) is 12.7 Å². The van der Waals surface area contributed by atoms with Crippen LogP contribution in [0.4, 0.5) is 0 Å². The number of H-pyrrole nitrogens is 1. The van der Waals surface area contributed by atoms with Crippen molar-refractivity contribution in [1.29, 1.82) is 0 Å². The van der Waals surface area contributed by atoms with Crippen LogP contribution >= 0.6 is 0 Å². The number of likely N-dealkylation sites (tertiary alicyclic amines) is 1. The van der Waals surface area contributed by atoms with Gasteiger partial charge in [0.1, 0.15) is 0 Å². The first-order chi connectivity index (χ1) is 9.57. The number of aromatic nitrogens is 2. The molecule has 2 aliphatic rings. The van der Waals surface area contributed by atoms with E-state index in [1.165, 1.54) is 0 Å². The number of nitrogens with zero attached hydrogens (tertiary/aromatic N) is 3. The third-order valence-electron chi connectivity index (χ3n) is 4.39.